The summed E-state index contributed by atoms with van der Waals surface area (Å²) >= 11 is 0. The number of benzene rings is 1. The first kappa shape index (κ1) is 11.2. The lowest BCUT2D eigenvalue weighted by Crippen LogP contribution is -2.44. The summed E-state index contributed by atoms with van der Waals surface area (Å²) in [6.45, 7) is 0. The van der Waals surface area contributed by atoms with Gasteiger partial charge in [-0.15, -0.1) is 0 Å². The molecule has 0 saturated heterocycles. The molecule has 0 aliphatic heterocycles. The van der Waals surface area contributed by atoms with E-state index < -0.39 is 5.54 Å². The fourth-order valence-electron chi connectivity index (χ4n) is 2.03. The summed E-state index contributed by atoms with van der Waals surface area (Å²) in [6.07, 6.45) is 2.65. The molecule has 1 fully saturated rings. The van der Waals surface area contributed by atoms with Crippen LogP contribution in [0, 0.1) is 5.82 Å². The van der Waals surface area contributed by atoms with Gasteiger partial charge in [0.25, 0.3) is 0 Å². The second-order valence-electron chi connectivity index (χ2n) is 4.20. The predicted octanol–water partition coefficient (Wildman–Crippen LogP) is 2.18. The lowest BCUT2D eigenvalue weighted by Gasteiger charge is -2.39. The summed E-state index contributed by atoms with van der Waals surface area (Å²) in [6, 6.07) is 3.19. The number of hydrogen-bond acceptors (Lipinski definition) is 3. The first-order valence-electron chi connectivity index (χ1n) is 5.31. The Balaban J connectivity index is 2.50. The molecule has 0 amide bonds. The van der Waals surface area contributed by atoms with Crippen molar-refractivity contribution in [2.45, 2.75) is 24.8 Å². The number of rotatable bonds is 3. The lowest BCUT2D eigenvalue weighted by molar-refractivity contribution is 0.240. The fourth-order valence-corrected chi connectivity index (χ4v) is 2.03. The van der Waals surface area contributed by atoms with Crippen molar-refractivity contribution >= 4 is 0 Å². The van der Waals surface area contributed by atoms with Crippen molar-refractivity contribution < 1.29 is 13.9 Å². The largest absolute Gasteiger partial charge is 0.497 e. The Morgan fingerprint density at radius 2 is 1.94 bits per heavy atom. The van der Waals surface area contributed by atoms with E-state index in [1.165, 1.54) is 13.2 Å². The third-order valence-electron chi connectivity index (χ3n) is 3.25. The van der Waals surface area contributed by atoms with E-state index in [0.29, 0.717) is 11.3 Å². The van der Waals surface area contributed by atoms with Gasteiger partial charge in [0, 0.05) is 17.2 Å². The van der Waals surface area contributed by atoms with Crippen molar-refractivity contribution in [1.29, 1.82) is 0 Å². The Morgan fingerprint density at radius 1 is 1.25 bits per heavy atom. The van der Waals surface area contributed by atoms with Gasteiger partial charge in [0.15, 0.2) is 11.6 Å². The highest BCUT2D eigenvalue weighted by Gasteiger charge is 2.38. The second-order valence-corrected chi connectivity index (χ2v) is 4.20. The highest BCUT2D eigenvalue weighted by molar-refractivity contribution is 5.44. The Morgan fingerprint density at radius 3 is 2.38 bits per heavy atom. The maximum Gasteiger partial charge on any atom is 0.170 e. The van der Waals surface area contributed by atoms with Crippen LogP contribution in [0.4, 0.5) is 4.39 Å². The zero-order valence-electron chi connectivity index (χ0n) is 9.55. The summed E-state index contributed by atoms with van der Waals surface area (Å²) in [5, 5.41) is 0. The zero-order valence-corrected chi connectivity index (χ0v) is 9.55. The van der Waals surface area contributed by atoms with E-state index in [1.54, 1.807) is 13.2 Å². The molecule has 1 aromatic rings. The Labute approximate surface area is 94.3 Å². The smallest absolute Gasteiger partial charge is 0.170 e. The summed E-state index contributed by atoms with van der Waals surface area (Å²) in [7, 11) is 2.98. The number of hydrogen-bond donors (Lipinski definition) is 1. The molecular formula is C12H16FNO2. The summed E-state index contributed by atoms with van der Waals surface area (Å²) in [5.41, 5.74) is 6.07. The molecule has 2 N–H and O–H groups in total. The lowest BCUT2D eigenvalue weighted by atomic mass is 9.72. The van der Waals surface area contributed by atoms with Gasteiger partial charge < -0.3 is 15.2 Å². The van der Waals surface area contributed by atoms with Gasteiger partial charge in [0.2, 0.25) is 0 Å². The van der Waals surface area contributed by atoms with Gasteiger partial charge in [0.1, 0.15) is 5.75 Å². The molecule has 1 aromatic carbocycles. The van der Waals surface area contributed by atoms with E-state index in [4.69, 9.17) is 15.2 Å². The van der Waals surface area contributed by atoms with Crippen molar-refractivity contribution in [1.82, 2.24) is 0 Å². The van der Waals surface area contributed by atoms with E-state index in [9.17, 15) is 4.39 Å². The minimum atomic E-state index is -0.550. The van der Waals surface area contributed by atoms with Crippen molar-refractivity contribution in [3.8, 4) is 11.5 Å². The first-order valence-corrected chi connectivity index (χ1v) is 5.31. The van der Waals surface area contributed by atoms with Gasteiger partial charge in [-0.25, -0.2) is 4.39 Å². The second kappa shape index (κ2) is 3.94. The summed E-state index contributed by atoms with van der Waals surface area (Å²) < 4.78 is 24.1. The molecule has 16 heavy (non-hydrogen) atoms. The minimum Gasteiger partial charge on any atom is -0.497 e. The first-order chi connectivity index (χ1) is 7.60. The third kappa shape index (κ3) is 1.63. The SMILES string of the molecule is COc1cc(OC)c(F)c(C2(N)CCC2)c1. The van der Waals surface area contributed by atoms with E-state index >= 15 is 0 Å². The fraction of sp³-hybridized carbons (Fsp3) is 0.500. The molecule has 1 saturated carbocycles. The van der Waals surface area contributed by atoms with Gasteiger partial charge in [-0.1, -0.05) is 0 Å². The van der Waals surface area contributed by atoms with Crippen LogP contribution in [0.1, 0.15) is 24.8 Å². The maximum absolute atomic E-state index is 14.0. The minimum absolute atomic E-state index is 0.186. The van der Waals surface area contributed by atoms with Crippen LogP contribution in [0.3, 0.4) is 0 Å². The normalized spacial score (nSPS) is 17.8. The topological polar surface area (TPSA) is 44.5 Å². The molecule has 0 bridgehead atoms. The molecule has 3 nitrogen and oxygen atoms in total. The molecule has 1 aliphatic rings. The average molecular weight is 225 g/mol. The number of halogens is 1. The molecule has 0 atom stereocenters. The molecule has 0 aromatic heterocycles. The van der Waals surface area contributed by atoms with Crippen LogP contribution in [0.25, 0.3) is 0 Å². The number of methoxy groups -OCH3 is 2. The van der Waals surface area contributed by atoms with Crippen LogP contribution in [0.15, 0.2) is 12.1 Å². The quantitative estimate of drug-likeness (QED) is 0.857. The van der Waals surface area contributed by atoms with Gasteiger partial charge in [-0.2, -0.15) is 0 Å². The molecule has 1 aliphatic carbocycles. The molecule has 0 spiro atoms. The van der Waals surface area contributed by atoms with Gasteiger partial charge >= 0.3 is 0 Å². The Kier molecular flexibility index (Phi) is 2.76. The molecule has 0 unspecified atom stereocenters. The van der Waals surface area contributed by atoms with Crippen molar-refractivity contribution in [3.63, 3.8) is 0 Å². The predicted molar refractivity (Wildman–Crippen MR) is 59.2 cm³/mol. The van der Waals surface area contributed by atoms with Crippen LogP contribution in [0.5, 0.6) is 11.5 Å². The van der Waals surface area contributed by atoms with Crippen LogP contribution in [0.2, 0.25) is 0 Å². The van der Waals surface area contributed by atoms with Crippen LogP contribution < -0.4 is 15.2 Å². The Hall–Kier alpha value is -1.29. The summed E-state index contributed by atoms with van der Waals surface area (Å²) in [5.74, 6) is 0.390. The highest BCUT2D eigenvalue weighted by Crippen LogP contribution is 2.43. The molecule has 2 rings (SSSR count). The molecule has 4 heteroatoms. The zero-order chi connectivity index (χ0) is 11.8. The molecule has 0 radical (unpaired) electrons. The van der Waals surface area contributed by atoms with E-state index in [-0.39, 0.29) is 11.6 Å². The highest BCUT2D eigenvalue weighted by atomic mass is 19.1. The monoisotopic (exact) mass is 225 g/mol. The van der Waals surface area contributed by atoms with Crippen LogP contribution in [-0.2, 0) is 5.54 Å². The van der Waals surface area contributed by atoms with E-state index in [0.717, 1.165) is 19.3 Å². The van der Waals surface area contributed by atoms with Gasteiger partial charge in [0.05, 0.1) is 14.2 Å². The van der Waals surface area contributed by atoms with Crippen molar-refractivity contribution in [3.05, 3.63) is 23.5 Å². The molecule has 88 valence electrons. The number of ether oxygens (including phenoxy) is 2. The number of nitrogens with two attached hydrogens (primary N) is 1. The summed E-state index contributed by atoms with van der Waals surface area (Å²) in [4.78, 5) is 0. The molecule has 0 heterocycles. The van der Waals surface area contributed by atoms with Crippen molar-refractivity contribution in [2.75, 3.05) is 14.2 Å². The van der Waals surface area contributed by atoms with E-state index in [2.05, 4.69) is 0 Å². The van der Waals surface area contributed by atoms with Gasteiger partial charge in [-0.3, -0.25) is 0 Å². The van der Waals surface area contributed by atoms with Crippen molar-refractivity contribution in [2.24, 2.45) is 5.73 Å². The standard InChI is InChI=1S/C12H16FNO2/c1-15-8-6-9(12(14)4-3-5-12)11(13)10(7-8)16-2/h6-7H,3-5,14H2,1-2H3. The molecular weight excluding hydrogens is 209 g/mol. The maximum atomic E-state index is 14.0. The average Bonchev–Trinajstić information content (AvgIpc) is 2.26. The van der Waals surface area contributed by atoms with Crippen LogP contribution >= 0.6 is 0 Å². The van der Waals surface area contributed by atoms with Crippen LogP contribution in [-0.4, -0.2) is 14.2 Å². The van der Waals surface area contributed by atoms with Gasteiger partial charge in [-0.05, 0) is 25.3 Å². The third-order valence-corrected chi connectivity index (χ3v) is 3.25. The Bertz CT molecular complexity index is 402. The van der Waals surface area contributed by atoms with E-state index in [1.807, 2.05) is 0 Å².